The van der Waals surface area contributed by atoms with Gasteiger partial charge >= 0.3 is 5.97 Å². The smallest absolute Gasteiger partial charge is 0.338 e. The van der Waals surface area contributed by atoms with Crippen LogP contribution in [0.4, 0.5) is 5.69 Å². The van der Waals surface area contributed by atoms with Gasteiger partial charge in [-0.25, -0.2) is 4.79 Å². The second kappa shape index (κ2) is 5.58. The number of carbonyl (C=O) groups excluding carboxylic acids is 3. The molecule has 3 aliphatic carbocycles. The van der Waals surface area contributed by atoms with Crippen LogP contribution in [0.2, 0.25) is 0 Å². The number of nitrogens with zero attached hydrogens (tertiary/aromatic N) is 1. The lowest BCUT2D eigenvalue weighted by Gasteiger charge is -2.38. The van der Waals surface area contributed by atoms with Gasteiger partial charge < -0.3 is 4.74 Å². The number of hydrogen-bond donors (Lipinski definition) is 0. The normalized spacial score (nSPS) is 30.6. The minimum absolute atomic E-state index is 0.104. The first-order chi connectivity index (χ1) is 11.6. The molecule has 1 heterocycles. The molecule has 5 heteroatoms. The molecule has 2 amide bonds. The van der Waals surface area contributed by atoms with Gasteiger partial charge in [-0.05, 0) is 55.9 Å². The molecule has 0 spiro atoms. The van der Waals surface area contributed by atoms with Gasteiger partial charge in [-0.1, -0.05) is 12.2 Å². The number of ether oxygens (including phenoxy) is 1. The van der Waals surface area contributed by atoms with E-state index in [0.717, 1.165) is 12.8 Å². The van der Waals surface area contributed by atoms with Gasteiger partial charge in [0.05, 0.1) is 29.7 Å². The van der Waals surface area contributed by atoms with Crippen LogP contribution in [0.3, 0.4) is 0 Å². The Balaban J connectivity index is 1.62. The fourth-order valence-corrected chi connectivity index (χ4v) is 4.29. The van der Waals surface area contributed by atoms with Crippen LogP contribution in [0.5, 0.6) is 0 Å². The lowest BCUT2D eigenvalue weighted by Crippen LogP contribution is -2.38. The summed E-state index contributed by atoms with van der Waals surface area (Å²) in [4.78, 5) is 38.7. The van der Waals surface area contributed by atoms with Crippen LogP contribution in [0.1, 0.15) is 30.1 Å². The molecule has 5 nitrogen and oxygen atoms in total. The van der Waals surface area contributed by atoms with Crippen LogP contribution >= 0.6 is 0 Å². The van der Waals surface area contributed by atoms with Crippen molar-refractivity contribution in [2.75, 3.05) is 11.5 Å². The molecule has 0 radical (unpaired) electrons. The highest BCUT2D eigenvalue weighted by Gasteiger charge is 2.56. The van der Waals surface area contributed by atoms with E-state index in [-0.39, 0.29) is 35.5 Å². The van der Waals surface area contributed by atoms with E-state index >= 15 is 0 Å². The zero-order valence-electron chi connectivity index (χ0n) is 13.5. The fraction of sp³-hybridized carbons (Fsp3) is 0.421. The molecule has 4 aliphatic rings. The number of allylic oxidation sites excluding steroid dienone is 2. The summed E-state index contributed by atoms with van der Waals surface area (Å²) in [5, 5.41) is 0. The number of amides is 2. The summed E-state index contributed by atoms with van der Waals surface area (Å²) in [6, 6.07) is 6.49. The molecule has 0 aromatic heterocycles. The molecule has 2 bridgehead atoms. The zero-order chi connectivity index (χ0) is 16.8. The monoisotopic (exact) mass is 325 g/mol. The molecule has 0 unspecified atom stereocenters. The van der Waals surface area contributed by atoms with E-state index in [1.165, 1.54) is 4.90 Å². The molecule has 4 atom stereocenters. The lowest BCUT2D eigenvalue weighted by molar-refractivity contribution is -0.124. The highest BCUT2D eigenvalue weighted by Crippen LogP contribution is 2.50. The van der Waals surface area contributed by atoms with Crippen LogP contribution in [0, 0.1) is 23.7 Å². The molecule has 2 fully saturated rings. The summed E-state index contributed by atoms with van der Waals surface area (Å²) >= 11 is 0. The standard InChI is InChI=1S/C19H19NO4/c1-2-24-19(23)13-7-9-14(10-8-13)20-17(21)15-11-3-4-12(6-5-11)16(15)18(20)22/h3-4,7-12,15-16H,2,5-6H2,1H3/t11-,12-,15-,16-/m1/s1. The Labute approximate surface area is 140 Å². The fourth-order valence-electron chi connectivity index (χ4n) is 4.29. The maximum atomic E-state index is 12.8. The van der Waals surface area contributed by atoms with Crippen LogP contribution < -0.4 is 4.90 Å². The van der Waals surface area contributed by atoms with Gasteiger partial charge in [0.15, 0.2) is 0 Å². The zero-order valence-corrected chi connectivity index (χ0v) is 13.5. The molecular formula is C19H19NO4. The molecular weight excluding hydrogens is 306 g/mol. The number of esters is 1. The number of carbonyl (C=O) groups is 3. The van der Waals surface area contributed by atoms with E-state index in [0.29, 0.717) is 17.9 Å². The van der Waals surface area contributed by atoms with Gasteiger partial charge in [-0.2, -0.15) is 0 Å². The van der Waals surface area contributed by atoms with Crippen molar-refractivity contribution in [3.8, 4) is 0 Å². The third kappa shape index (κ3) is 2.11. The number of anilines is 1. The lowest BCUT2D eigenvalue weighted by atomic mass is 9.63. The second-order valence-electron chi connectivity index (χ2n) is 6.62. The number of hydrogen-bond acceptors (Lipinski definition) is 4. The summed E-state index contributed by atoms with van der Waals surface area (Å²) < 4.78 is 4.95. The predicted octanol–water partition coefficient (Wildman–Crippen LogP) is 2.56. The largest absolute Gasteiger partial charge is 0.462 e. The van der Waals surface area contributed by atoms with E-state index in [2.05, 4.69) is 12.2 Å². The molecule has 1 aromatic carbocycles. The van der Waals surface area contributed by atoms with Gasteiger partial charge in [-0.15, -0.1) is 0 Å². The molecule has 5 rings (SSSR count). The number of rotatable bonds is 3. The quantitative estimate of drug-likeness (QED) is 0.487. The Morgan fingerprint density at radius 1 is 1.04 bits per heavy atom. The van der Waals surface area contributed by atoms with Gasteiger partial charge in [0.1, 0.15) is 0 Å². The Bertz CT molecular complexity index is 704. The van der Waals surface area contributed by atoms with E-state index in [1.807, 2.05) is 0 Å². The van der Waals surface area contributed by atoms with Crippen LogP contribution in [-0.4, -0.2) is 24.4 Å². The van der Waals surface area contributed by atoms with Crippen molar-refractivity contribution < 1.29 is 19.1 Å². The first-order valence-corrected chi connectivity index (χ1v) is 8.45. The van der Waals surface area contributed by atoms with Crippen LogP contribution in [0.25, 0.3) is 0 Å². The van der Waals surface area contributed by atoms with Crippen molar-refractivity contribution >= 4 is 23.5 Å². The van der Waals surface area contributed by atoms with Crippen LogP contribution in [-0.2, 0) is 14.3 Å². The SMILES string of the molecule is CCOC(=O)c1ccc(N2C(=O)[C@H]3[C@H](C2=O)[C@@H]2C=C[C@@H]3CC2)cc1. The minimum atomic E-state index is -0.404. The number of fused-ring (bicyclic) bond motifs is 1. The maximum Gasteiger partial charge on any atom is 0.338 e. The average molecular weight is 325 g/mol. The number of imide groups is 1. The second-order valence-corrected chi connectivity index (χ2v) is 6.62. The van der Waals surface area contributed by atoms with E-state index in [4.69, 9.17) is 4.74 Å². The van der Waals surface area contributed by atoms with Crippen molar-refractivity contribution in [3.63, 3.8) is 0 Å². The topological polar surface area (TPSA) is 63.7 Å². The summed E-state index contributed by atoms with van der Waals surface area (Å²) in [5.41, 5.74) is 0.950. The molecule has 1 saturated carbocycles. The first kappa shape index (κ1) is 15.1. The molecule has 124 valence electrons. The Morgan fingerprint density at radius 3 is 2.04 bits per heavy atom. The third-order valence-electron chi connectivity index (χ3n) is 5.40. The Morgan fingerprint density at radius 2 is 1.58 bits per heavy atom. The van der Waals surface area contributed by atoms with Crippen molar-refractivity contribution in [3.05, 3.63) is 42.0 Å². The minimum Gasteiger partial charge on any atom is -0.462 e. The van der Waals surface area contributed by atoms with E-state index < -0.39 is 5.97 Å². The summed E-state index contributed by atoms with van der Waals surface area (Å²) in [6.07, 6.45) is 6.18. The highest BCUT2D eigenvalue weighted by molar-refractivity contribution is 6.22. The molecule has 1 aromatic rings. The summed E-state index contributed by atoms with van der Waals surface area (Å²) in [6.45, 7) is 2.06. The summed E-state index contributed by atoms with van der Waals surface area (Å²) in [5.74, 6) is -0.683. The average Bonchev–Trinajstić information content (AvgIpc) is 2.90. The highest BCUT2D eigenvalue weighted by atomic mass is 16.5. The van der Waals surface area contributed by atoms with Gasteiger partial charge in [0, 0.05) is 0 Å². The molecule has 24 heavy (non-hydrogen) atoms. The van der Waals surface area contributed by atoms with Crippen molar-refractivity contribution in [2.45, 2.75) is 19.8 Å². The number of benzene rings is 1. The van der Waals surface area contributed by atoms with Crippen molar-refractivity contribution in [2.24, 2.45) is 23.7 Å². The van der Waals surface area contributed by atoms with Crippen molar-refractivity contribution in [1.29, 1.82) is 0 Å². The molecule has 1 saturated heterocycles. The predicted molar refractivity (Wildman–Crippen MR) is 87.2 cm³/mol. The van der Waals surface area contributed by atoms with Crippen molar-refractivity contribution in [1.82, 2.24) is 0 Å². The van der Waals surface area contributed by atoms with E-state index in [1.54, 1.807) is 31.2 Å². The Hall–Kier alpha value is -2.43. The summed E-state index contributed by atoms with van der Waals surface area (Å²) in [7, 11) is 0. The van der Waals surface area contributed by atoms with Gasteiger partial charge in [0.25, 0.3) is 0 Å². The third-order valence-corrected chi connectivity index (χ3v) is 5.40. The maximum absolute atomic E-state index is 12.8. The van der Waals surface area contributed by atoms with Crippen LogP contribution in [0.15, 0.2) is 36.4 Å². The van der Waals surface area contributed by atoms with Gasteiger partial charge in [0.2, 0.25) is 11.8 Å². The van der Waals surface area contributed by atoms with Gasteiger partial charge in [-0.3, -0.25) is 14.5 Å². The van der Waals surface area contributed by atoms with E-state index in [9.17, 15) is 14.4 Å². The molecule has 1 aliphatic heterocycles. The molecule has 0 N–H and O–H groups in total. The Kier molecular flexibility index (Phi) is 3.52. The first-order valence-electron chi connectivity index (χ1n) is 8.45.